The average molecular weight is 392 g/mol. The van der Waals surface area contributed by atoms with Crippen LogP contribution >= 0.6 is 0 Å². The van der Waals surface area contributed by atoms with Gasteiger partial charge >= 0.3 is 0 Å². The summed E-state index contributed by atoms with van der Waals surface area (Å²) < 4.78 is 5.74. The minimum absolute atomic E-state index is 0.0682. The van der Waals surface area contributed by atoms with Crippen LogP contribution in [-0.2, 0) is 9.59 Å². The van der Waals surface area contributed by atoms with Crippen LogP contribution in [0, 0.1) is 11.3 Å². The highest BCUT2D eigenvalue weighted by molar-refractivity contribution is 6.19. The maximum atomic E-state index is 13.1. The number of hydrogen-bond acceptors (Lipinski definition) is 4. The van der Waals surface area contributed by atoms with Crippen LogP contribution in [0.25, 0.3) is 6.08 Å². The van der Waals surface area contributed by atoms with Crippen molar-refractivity contribution >= 4 is 17.9 Å². The van der Waals surface area contributed by atoms with Crippen LogP contribution in [0.2, 0.25) is 0 Å². The zero-order valence-corrected chi connectivity index (χ0v) is 17.2. The molecule has 0 saturated heterocycles. The molecule has 1 aliphatic heterocycles. The fraction of sp³-hybridized carbons (Fsp3) is 0.458. The van der Waals surface area contributed by atoms with Gasteiger partial charge in [0.25, 0.3) is 11.8 Å². The first-order valence-electron chi connectivity index (χ1n) is 10.5. The molecule has 0 radical (unpaired) electrons. The highest BCUT2D eigenvalue weighted by Gasteiger charge is 2.40. The summed E-state index contributed by atoms with van der Waals surface area (Å²) in [6.45, 7) is 4.53. The molecule has 3 rings (SSSR count). The van der Waals surface area contributed by atoms with Crippen LogP contribution in [0.3, 0.4) is 0 Å². The van der Waals surface area contributed by atoms with Crippen LogP contribution in [-0.4, -0.2) is 29.4 Å². The van der Waals surface area contributed by atoms with Gasteiger partial charge in [-0.1, -0.05) is 44.7 Å². The van der Waals surface area contributed by atoms with E-state index in [0.717, 1.165) is 56.3 Å². The summed E-state index contributed by atoms with van der Waals surface area (Å²) in [7, 11) is 0. The number of ether oxygens (including phenoxy) is 1. The summed E-state index contributed by atoms with van der Waals surface area (Å²) in [5.41, 5.74) is 1.78. The smallest absolute Gasteiger partial charge is 0.271 e. The second kappa shape index (κ2) is 9.56. The van der Waals surface area contributed by atoms with Gasteiger partial charge in [-0.15, -0.1) is 0 Å². The van der Waals surface area contributed by atoms with E-state index in [1.54, 1.807) is 13.0 Å². The zero-order chi connectivity index (χ0) is 20.8. The Labute approximate surface area is 172 Å². The molecule has 152 valence electrons. The summed E-state index contributed by atoms with van der Waals surface area (Å²) in [4.78, 5) is 27.2. The third-order valence-electron chi connectivity index (χ3n) is 5.67. The van der Waals surface area contributed by atoms with E-state index in [9.17, 15) is 14.9 Å². The van der Waals surface area contributed by atoms with Gasteiger partial charge in [0, 0.05) is 11.6 Å². The predicted molar refractivity (Wildman–Crippen MR) is 112 cm³/mol. The number of unbranched alkanes of at least 4 members (excludes halogenated alkanes) is 2. The Morgan fingerprint density at radius 3 is 2.45 bits per heavy atom. The Morgan fingerprint density at radius 2 is 1.83 bits per heavy atom. The van der Waals surface area contributed by atoms with Crippen LogP contribution in [0.5, 0.6) is 5.75 Å². The average Bonchev–Trinajstić information content (AvgIpc) is 3.24. The van der Waals surface area contributed by atoms with Crippen molar-refractivity contribution in [1.29, 1.82) is 5.26 Å². The molecular formula is C24H28N2O3. The number of hydrogen-bond donors (Lipinski definition) is 0. The van der Waals surface area contributed by atoms with Gasteiger partial charge in [-0.2, -0.15) is 5.26 Å². The molecule has 1 aromatic carbocycles. The molecule has 0 atom stereocenters. The largest absolute Gasteiger partial charge is 0.494 e. The molecular weight excluding hydrogens is 364 g/mol. The first-order chi connectivity index (χ1) is 14.1. The van der Waals surface area contributed by atoms with Crippen molar-refractivity contribution in [2.45, 2.75) is 64.8 Å². The molecule has 1 heterocycles. The maximum absolute atomic E-state index is 13.1. The predicted octanol–water partition coefficient (Wildman–Crippen LogP) is 4.79. The number of nitrogens with zero attached hydrogens (tertiary/aromatic N) is 2. The molecule has 1 fully saturated rings. The molecule has 5 nitrogen and oxygen atoms in total. The number of nitriles is 1. The lowest BCUT2D eigenvalue weighted by Gasteiger charge is -2.32. The number of benzene rings is 1. The number of rotatable bonds is 7. The summed E-state index contributed by atoms with van der Waals surface area (Å²) >= 11 is 0. The Kier molecular flexibility index (Phi) is 6.87. The highest BCUT2D eigenvalue weighted by atomic mass is 16.5. The molecule has 1 aliphatic carbocycles. The van der Waals surface area contributed by atoms with E-state index < -0.39 is 5.91 Å². The van der Waals surface area contributed by atoms with Gasteiger partial charge in [0.2, 0.25) is 0 Å². The SMILES string of the molecule is CCCCCOc1ccc(/C=C2/C(=O)N(C3CCCC3)C(=O)C(C#N)=C2C)cc1. The first kappa shape index (κ1) is 20.9. The molecule has 2 amide bonds. The van der Waals surface area contributed by atoms with Crippen LogP contribution < -0.4 is 4.74 Å². The van der Waals surface area contributed by atoms with Gasteiger partial charge in [0.1, 0.15) is 17.4 Å². The minimum atomic E-state index is -0.449. The molecule has 0 bridgehead atoms. The van der Waals surface area contributed by atoms with Crippen LogP contribution in [0.1, 0.15) is 64.4 Å². The molecule has 2 aliphatic rings. The summed E-state index contributed by atoms with van der Waals surface area (Å²) in [5, 5.41) is 9.51. The quantitative estimate of drug-likeness (QED) is 0.380. The van der Waals surface area contributed by atoms with E-state index in [-0.39, 0.29) is 17.5 Å². The standard InChI is InChI=1S/C24H28N2O3/c1-3-4-7-14-29-20-12-10-18(11-13-20)15-21-17(2)22(16-25)24(28)26(23(21)27)19-8-5-6-9-19/h10-13,15,19H,3-9,14H2,1-2H3/b21-15+. The van der Waals surface area contributed by atoms with Crippen molar-refractivity contribution in [1.82, 2.24) is 4.90 Å². The summed E-state index contributed by atoms with van der Waals surface area (Å²) in [6.07, 6.45) is 8.74. The van der Waals surface area contributed by atoms with Crippen LogP contribution in [0.15, 0.2) is 41.0 Å². The topological polar surface area (TPSA) is 70.4 Å². The van der Waals surface area contributed by atoms with E-state index >= 15 is 0 Å². The fourth-order valence-corrected chi connectivity index (χ4v) is 3.96. The third-order valence-corrected chi connectivity index (χ3v) is 5.67. The second-order valence-electron chi connectivity index (χ2n) is 7.71. The first-order valence-corrected chi connectivity index (χ1v) is 10.5. The van der Waals surface area contributed by atoms with Crippen molar-refractivity contribution in [3.05, 3.63) is 46.5 Å². The molecule has 0 unspecified atom stereocenters. The third kappa shape index (κ3) is 4.59. The Balaban J connectivity index is 1.84. The second-order valence-corrected chi connectivity index (χ2v) is 7.71. The Bertz CT molecular complexity index is 868. The lowest BCUT2D eigenvalue weighted by atomic mass is 9.92. The monoisotopic (exact) mass is 392 g/mol. The van der Waals surface area contributed by atoms with E-state index in [1.807, 2.05) is 30.3 Å². The normalized spacial score (nSPS) is 19.2. The summed E-state index contributed by atoms with van der Waals surface area (Å²) in [5.74, 6) is 0.0548. The van der Waals surface area contributed by atoms with E-state index in [4.69, 9.17) is 4.74 Å². The Morgan fingerprint density at radius 1 is 1.14 bits per heavy atom. The molecule has 5 heteroatoms. The van der Waals surface area contributed by atoms with Gasteiger partial charge < -0.3 is 4.74 Å². The highest BCUT2D eigenvalue weighted by Crippen LogP contribution is 2.33. The van der Waals surface area contributed by atoms with E-state index in [0.29, 0.717) is 17.8 Å². The lowest BCUT2D eigenvalue weighted by molar-refractivity contribution is -0.143. The van der Waals surface area contributed by atoms with E-state index in [2.05, 4.69) is 6.92 Å². The van der Waals surface area contributed by atoms with Crippen molar-refractivity contribution in [3.8, 4) is 11.8 Å². The van der Waals surface area contributed by atoms with Gasteiger partial charge in [-0.05, 0) is 55.5 Å². The zero-order valence-electron chi connectivity index (χ0n) is 17.2. The molecule has 1 aromatic rings. The number of carbonyl (C=O) groups excluding carboxylic acids is 2. The van der Waals surface area contributed by atoms with Gasteiger partial charge in [-0.25, -0.2) is 0 Å². The van der Waals surface area contributed by atoms with Crippen molar-refractivity contribution in [2.24, 2.45) is 0 Å². The van der Waals surface area contributed by atoms with Crippen molar-refractivity contribution < 1.29 is 14.3 Å². The maximum Gasteiger partial charge on any atom is 0.271 e. The minimum Gasteiger partial charge on any atom is -0.494 e. The number of carbonyl (C=O) groups is 2. The van der Waals surface area contributed by atoms with Crippen LogP contribution in [0.4, 0.5) is 0 Å². The molecule has 1 saturated carbocycles. The van der Waals surface area contributed by atoms with E-state index in [1.165, 1.54) is 4.90 Å². The molecule has 0 N–H and O–H groups in total. The molecule has 0 spiro atoms. The van der Waals surface area contributed by atoms with Crippen molar-refractivity contribution in [2.75, 3.05) is 6.61 Å². The summed E-state index contributed by atoms with van der Waals surface area (Å²) in [6, 6.07) is 9.47. The van der Waals surface area contributed by atoms with Crippen molar-refractivity contribution in [3.63, 3.8) is 0 Å². The van der Waals surface area contributed by atoms with Gasteiger partial charge in [0.05, 0.1) is 6.61 Å². The van der Waals surface area contributed by atoms with Gasteiger partial charge in [-0.3, -0.25) is 14.5 Å². The Hall–Kier alpha value is -2.87. The lowest BCUT2D eigenvalue weighted by Crippen LogP contribution is -2.47. The molecule has 29 heavy (non-hydrogen) atoms. The molecule has 0 aromatic heterocycles. The number of amides is 2. The number of imide groups is 1. The van der Waals surface area contributed by atoms with Gasteiger partial charge in [0.15, 0.2) is 0 Å². The fourth-order valence-electron chi connectivity index (χ4n) is 3.96.